The van der Waals surface area contributed by atoms with Gasteiger partial charge in [-0.2, -0.15) is 0 Å². The highest BCUT2D eigenvalue weighted by Crippen LogP contribution is 2.29. The summed E-state index contributed by atoms with van der Waals surface area (Å²) in [6.45, 7) is 0. The Hall–Kier alpha value is -2.60. The Balaban J connectivity index is 1.30. The molecule has 3 aromatic rings. The molecule has 0 radical (unpaired) electrons. The zero-order valence-electron chi connectivity index (χ0n) is 14.9. The van der Waals surface area contributed by atoms with Crippen molar-refractivity contribution in [2.24, 2.45) is 0 Å². The molecule has 138 valence electrons. The Morgan fingerprint density at radius 1 is 1.11 bits per heavy atom. The van der Waals surface area contributed by atoms with Crippen molar-refractivity contribution >= 4 is 17.7 Å². The lowest BCUT2D eigenvalue weighted by Crippen LogP contribution is -2.32. The van der Waals surface area contributed by atoms with Crippen LogP contribution < -0.4 is 5.32 Å². The Bertz CT molecular complexity index is 911. The molecule has 0 fully saturated rings. The molecule has 1 atom stereocenters. The van der Waals surface area contributed by atoms with E-state index in [0.29, 0.717) is 17.5 Å². The lowest BCUT2D eigenvalue weighted by molar-refractivity contribution is -0.119. The maximum absolute atomic E-state index is 12.4. The summed E-state index contributed by atoms with van der Waals surface area (Å²) in [5.41, 5.74) is 3.70. The molecule has 0 saturated heterocycles. The molecule has 1 aromatic heterocycles. The molecule has 1 heterocycles. The number of nitrogens with zero attached hydrogens (tertiary/aromatic N) is 2. The number of thioether (sulfide) groups is 1. The SMILES string of the molecule is O=C(CSc1nnc(Cc2ccccc2)o1)N[C@H]1CCCc2ccccc21. The van der Waals surface area contributed by atoms with Gasteiger partial charge in [-0.05, 0) is 36.0 Å². The number of carbonyl (C=O) groups excluding carboxylic acids is 1. The van der Waals surface area contributed by atoms with Crippen molar-refractivity contribution in [1.82, 2.24) is 15.5 Å². The van der Waals surface area contributed by atoms with Crippen LogP contribution in [0.25, 0.3) is 0 Å². The standard InChI is InChI=1S/C21H21N3O2S/c25-19(22-18-12-6-10-16-9-4-5-11-17(16)18)14-27-21-24-23-20(26-21)13-15-7-2-1-3-8-15/h1-5,7-9,11,18H,6,10,12-14H2,(H,22,25)/t18-/m0/s1. The lowest BCUT2D eigenvalue weighted by Gasteiger charge is -2.26. The van der Waals surface area contributed by atoms with E-state index in [4.69, 9.17) is 4.42 Å². The summed E-state index contributed by atoms with van der Waals surface area (Å²) in [5.74, 6) is 0.820. The molecule has 0 spiro atoms. The summed E-state index contributed by atoms with van der Waals surface area (Å²) in [7, 11) is 0. The van der Waals surface area contributed by atoms with E-state index in [2.05, 4.69) is 33.7 Å². The molecule has 0 aliphatic heterocycles. The van der Waals surface area contributed by atoms with Crippen LogP contribution in [0.3, 0.4) is 0 Å². The van der Waals surface area contributed by atoms with E-state index in [1.54, 1.807) is 0 Å². The van der Waals surface area contributed by atoms with Gasteiger partial charge in [-0.15, -0.1) is 10.2 Å². The van der Waals surface area contributed by atoms with Gasteiger partial charge in [-0.25, -0.2) is 0 Å². The average molecular weight is 379 g/mol. The summed E-state index contributed by atoms with van der Waals surface area (Å²) < 4.78 is 5.64. The molecule has 0 saturated carbocycles. The highest BCUT2D eigenvalue weighted by molar-refractivity contribution is 7.99. The molecular weight excluding hydrogens is 358 g/mol. The molecule has 0 unspecified atom stereocenters. The minimum absolute atomic E-state index is 0.00971. The summed E-state index contributed by atoms with van der Waals surface area (Å²) >= 11 is 1.28. The van der Waals surface area contributed by atoms with Crippen molar-refractivity contribution in [2.45, 2.75) is 36.9 Å². The van der Waals surface area contributed by atoms with Crippen molar-refractivity contribution in [1.29, 1.82) is 0 Å². The quantitative estimate of drug-likeness (QED) is 0.657. The molecule has 6 heteroatoms. The number of fused-ring (bicyclic) bond motifs is 1. The third-order valence-corrected chi connectivity index (χ3v) is 5.50. The van der Waals surface area contributed by atoms with Crippen molar-refractivity contribution in [2.75, 3.05) is 5.75 Å². The van der Waals surface area contributed by atoms with E-state index in [0.717, 1.165) is 24.8 Å². The summed E-state index contributed by atoms with van der Waals surface area (Å²) in [6, 6.07) is 18.4. The van der Waals surface area contributed by atoms with Crippen molar-refractivity contribution < 1.29 is 9.21 Å². The molecule has 1 amide bonds. The molecule has 0 bridgehead atoms. The minimum atomic E-state index is -0.00971. The fourth-order valence-corrected chi connectivity index (χ4v) is 4.00. The number of hydrogen-bond donors (Lipinski definition) is 1. The van der Waals surface area contributed by atoms with Gasteiger partial charge in [0.05, 0.1) is 18.2 Å². The normalized spacial score (nSPS) is 15.9. The van der Waals surface area contributed by atoms with Gasteiger partial charge in [-0.1, -0.05) is 66.4 Å². The molecule has 5 nitrogen and oxygen atoms in total. The van der Waals surface area contributed by atoms with E-state index in [1.165, 1.54) is 22.9 Å². The predicted octanol–water partition coefficient (Wildman–Crippen LogP) is 3.95. The highest BCUT2D eigenvalue weighted by atomic mass is 32.2. The zero-order valence-corrected chi connectivity index (χ0v) is 15.7. The molecule has 2 aromatic carbocycles. The summed E-state index contributed by atoms with van der Waals surface area (Å²) in [6.07, 6.45) is 3.76. The third-order valence-electron chi connectivity index (χ3n) is 4.68. The first-order chi connectivity index (χ1) is 13.3. The Kier molecular flexibility index (Phi) is 5.53. The molecule has 1 aliphatic carbocycles. The van der Waals surface area contributed by atoms with Gasteiger partial charge in [0.25, 0.3) is 5.22 Å². The van der Waals surface area contributed by atoms with Crippen LogP contribution in [0.5, 0.6) is 0 Å². The van der Waals surface area contributed by atoms with Gasteiger partial charge >= 0.3 is 0 Å². The van der Waals surface area contributed by atoms with Gasteiger partial charge in [0.15, 0.2) is 0 Å². The van der Waals surface area contributed by atoms with Gasteiger partial charge in [-0.3, -0.25) is 4.79 Å². The number of hydrogen-bond acceptors (Lipinski definition) is 5. The van der Waals surface area contributed by atoms with Gasteiger partial charge in [0.2, 0.25) is 11.8 Å². The summed E-state index contributed by atoms with van der Waals surface area (Å²) in [4.78, 5) is 12.4. The first-order valence-electron chi connectivity index (χ1n) is 9.14. The third kappa shape index (κ3) is 4.57. The number of carbonyl (C=O) groups is 1. The maximum Gasteiger partial charge on any atom is 0.277 e. The highest BCUT2D eigenvalue weighted by Gasteiger charge is 2.21. The van der Waals surface area contributed by atoms with Crippen LogP contribution in [0.1, 0.15) is 41.5 Å². The summed E-state index contributed by atoms with van der Waals surface area (Å²) in [5, 5.41) is 11.7. The number of aryl methyl sites for hydroxylation is 1. The molecule has 1 N–H and O–H groups in total. The van der Waals surface area contributed by atoms with Gasteiger partial charge < -0.3 is 9.73 Å². The Morgan fingerprint density at radius 2 is 1.93 bits per heavy atom. The maximum atomic E-state index is 12.4. The van der Waals surface area contributed by atoms with Gasteiger partial charge in [0.1, 0.15) is 0 Å². The van der Waals surface area contributed by atoms with Crippen LogP contribution in [0.4, 0.5) is 0 Å². The topological polar surface area (TPSA) is 68.0 Å². The van der Waals surface area contributed by atoms with E-state index < -0.39 is 0 Å². The van der Waals surface area contributed by atoms with E-state index in [-0.39, 0.29) is 17.7 Å². The number of benzene rings is 2. The number of rotatable bonds is 6. The second kappa shape index (κ2) is 8.39. The second-order valence-electron chi connectivity index (χ2n) is 6.62. The van der Waals surface area contributed by atoms with Crippen LogP contribution in [-0.4, -0.2) is 21.9 Å². The van der Waals surface area contributed by atoms with Crippen LogP contribution in [-0.2, 0) is 17.6 Å². The van der Waals surface area contributed by atoms with E-state index in [9.17, 15) is 4.79 Å². The van der Waals surface area contributed by atoms with E-state index in [1.807, 2.05) is 36.4 Å². The van der Waals surface area contributed by atoms with Crippen LogP contribution in [0, 0.1) is 0 Å². The molecular formula is C21H21N3O2S. The van der Waals surface area contributed by atoms with Crippen LogP contribution in [0.15, 0.2) is 64.2 Å². The lowest BCUT2D eigenvalue weighted by atomic mass is 9.88. The van der Waals surface area contributed by atoms with Gasteiger partial charge in [0, 0.05) is 0 Å². The first kappa shape index (κ1) is 17.8. The zero-order chi connectivity index (χ0) is 18.5. The smallest absolute Gasteiger partial charge is 0.277 e. The fourth-order valence-electron chi connectivity index (χ4n) is 3.41. The number of aromatic nitrogens is 2. The number of amides is 1. The van der Waals surface area contributed by atoms with E-state index >= 15 is 0 Å². The molecule has 4 rings (SSSR count). The van der Waals surface area contributed by atoms with Crippen molar-refractivity contribution in [3.05, 3.63) is 77.2 Å². The minimum Gasteiger partial charge on any atom is -0.416 e. The monoisotopic (exact) mass is 379 g/mol. The average Bonchev–Trinajstić information content (AvgIpc) is 3.15. The fraction of sp³-hybridized carbons (Fsp3) is 0.286. The van der Waals surface area contributed by atoms with Crippen LogP contribution >= 0.6 is 11.8 Å². The van der Waals surface area contributed by atoms with Crippen molar-refractivity contribution in [3.8, 4) is 0 Å². The van der Waals surface area contributed by atoms with Crippen LogP contribution in [0.2, 0.25) is 0 Å². The first-order valence-corrected chi connectivity index (χ1v) is 10.1. The number of nitrogens with one attached hydrogen (secondary N) is 1. The molecule has 27 heavy (non-hydrogen) atoms. The predicted molar refractivity (Wildman–Crippen MR) is 105 cm³/mol. The largest absolute Gasteiger partial charge is 0.416 e. The van der Waals surface area contributed by atoms with Crippen molar-refractivity contribution in [3.63, 3.8) is 0 Å². The second-order valence-corrected chi connectivity index (χ2v) is 7.55. The Labute approximate surface area is 162 Å². The Morgan fingerprint density at radius 3 is 2.81 bits per heavy atom. The molecule has 1 aliphatic rings.